The second-order valence-corrected chi connectivity index (χ2v) is 8.09. The number of nitrogens with zero attached hydrogens (tertiary/aromatic N) is 6. The Morgan fingerprint density at radius 2 is 1.73 bits per heavy atom. The van der Waals surface area contributed by atoms with E-state index in [1.807, 2.05) is 0 Å². The number of anilines is 4. The van der Waals surface area contributed by atoms with Gasteiger partial charge in [0.2, 0.25) is 17.8 Å². The van der Waals surface area contributed by atoms with E-state index in [1.54, 1.807) is 63.2 Å². The highest BCUT2D eigenvalue weighted by molar-refractivity contribution is 5.85. The van der Waals surface area contributed by atoms with Gasteiger partial charge in [-0.25, -0.2) is 9.82 Å². The smallest absolute Gasteiger partial charge is 0.272 e. The van der Waals surface area contributed by atoms with Crippen molar-refractivity contribution in [3.63, 3.8) is 0 Å². The van der Waals surface area contributed by atoms with Crippen LogP contribution >= 0.6 is 12.4 Å². The first-order chi connectivity index (χ1) is 17.2. The van der Waals surface area contributed by atoms with Crippen LogP contribution in [0.15, 0.2) is 58.0 Å². The molecule has 37 heavy (non-hydrogen) atoms. The Hall–Kier alpha value is -4.58. The second kappa shape index (κ2) is 11.4. The van der Waals surface area contributed by atoms with Gasteiger partial charge in [0.1, 0.15) is 17.3 Å². The Morgan fingerprint density at radius 3 is 2.41 bits per heavy atom. The molecular formula is C24H24ClFN8O3. The van der Waals surface area contributed by atoms with Crippen LogP contribution in [0, 0.1) is 29.8 Å². The molecule has 0 fully saturated rings. The van der Waals surface area contributed by atoms with Crippen molar-refractivity contribution in [2.45, 2.75) is 13.8 Å². The summed E-state index contributed by atoms with van der Waals surface area (Å²) in [4.78, 5) is 25.4. The molecule has 0 aliphatic heterocycles. The number of benzene rings is 2. The maximum absolute atomic E-state index is 13.2. The molecule has 0 unspecified atom stereocenters. The molecule has 11 nitrogen and oxygen atoms in total. The average molecular weight is 527 g/mol. The molecule has 4 aromatic rings. The van der Waals surface area contributed by atoms with Gasteiger partial charge in [0.15, 0.2) is 0 Å². The topological polar surface area (TPSA) is 135 Å². The number of hydrazone groups is 1. The molecule has 0 bridgehead atoms. The number of aryl methyl sites for hydroxylation is 2. The zero-order valence-electron chi connectivity index (χ0n) is 20.4. The number of aromatic nitrogens is 3. The van der Waals surface area contributed by atoms with Gasteiger partial charge >= 0.3 is 0 Å². The number of rotatable bonds is 8. The lowest BCUT2D eigenvalue weighted by Crippen LogP contribution is -2.15. The standard InChI is InChI=1S/C24H23FN8O3.ClH/c1-14-12-20(33(34)35)15(2)11-19(14)21-10-9-18(36-21)13-26-31-23-28-22(29-24(30-23)32(3)4)27-17-7-5-16(25)6-8-17;/h5-13H,1-4H3,(H2,27,28,29,30,31);1H/b26-13-;. The number of nitro benzene ring substituents is 1. The van der Waals surface area contributed by atoms with Crippen molar-refractivity contribution in [2.75, 3.05) is 29.7 Å². The fraction of sp³-hybridized carbons (Fsp3) is 0.167. The van der Waals surface area contributed by atoms with Crippen molar-refractivity contribution in [1.82, 2.24) is 15.0 Å². The molecule has 2 heterocycles. The summed E-state index contributed by atoms with van der Waals surface area (Å²) >= 11 is 0. The first-order valence-corrected chi connectivity index (χ1v) is 10.8. The van der Waals surface area contributed by atoms with E-state index in [1.165, 1.54) is 24.4 Å². The summed E-state index contributed by atoms with van der Waals surface area (Å²) in [5.74, 6) is 1.50. The Kier molecular flexibility index (Phi) is 8.35. The minimum Gasteiger partial charge on any atom is -0.455 e. The van der Waals surface area contributed by atoms with Crippen molar-refractivity contribution in [1.29, 1.82) is 0 Å². The molecular weight excluding hydrogens is 503 g/mol. The van der Waals surface area contributed by atoms with Gasteiger partial charge in [0.05, 0.1) is 11.1 Å². The van der Waals surface area contributed by atoms with E-state index < -0.39 is 4.92 Å². The Labute approximate surface area is 218 Å². The average Bonchev–Trinajstić information content (AvgIpc) is 3.30. The van der Waals surface area contributed by atoms with E-state index in [4.69, 9.17) is 4.42 Å². The van der Waals surface area contributed by atoms with E-state index in [0.717, 1.165) is 11.1 Å². The molecule has 0 aliphatic rings. The van der Waals surface area contributed by atoms with Gasteiger partial charge in [-0.2, -0.15) is 20.1 Å². The lowest BCUT2D eigenvalue weighted by Gasteiger charge is -2.13. The second-order valence-electron chi connectivity index (χ2n) is 8.09. The van der Waals surface area contributed by atoms with Gasteiger partial charge in [0, 0.05) is 37.0 Å². The number of nitro groups is 1. The van der Waals surface area contributed by atoms with Crippen molar-refractivity contribution in [3.8, 4) is 11.3 Å². The van der Waals surface area contributed by atoms with Crippen LogP contribution in [0.4, 0.5) is 33.6 Å². The van der Waals surface area contributed by atoms with Gasteiger partial charge in [-0.05, 0) is 61.9 Å². The summed E-state index contributed by atoms with van der Waals surface area (Å²) in [6, 6.07) is 12.6. The maximum Gasteiger partial charge on any atom is 0.272 e. The number of hydrogen-bond donors (Lipinski definition) is 2. The molecule has 2 aromatic heterocycles. The van der Waals surface area contributed by atoms with Crippen molar-refractivity contribution >= 4 is 47.8 Å². The quantitative estimate of drug-likeness (QED) is 0.174. The summed E-state index contributed by atoms with van der Waals surface area (Å²) in [6.45, 7) is 3.48. The molecule has 0 spiro atoms. The number of nitrogens with one attached hydrogen (secondary N) is 2. The van der Waals surface area contributed by atoms with Crippen LogP contribution in [0.2, 0.25) is 0 Å². The summed E-state index contributed by atoms with van der Waals surface area (Å²) < 4.78 is 19.0. The van der Waals surface area contributed by atoms with Crippen LogP contribution in [-0.4, -0.2) is 40.2 Å². The van der Waals surface area contributed by atoms with Crippen LogP contribution in [-0.2, 0) is 0 Å². The fourth-order valence-corrected chi connectivity index (χ4v) is 3.32. The number of furan rings is 1. The lowest BCUT2D eigenvalue weighted by molar-refractivity contribution is -0.385. The van der Waals surface area contributed by atoms with Crippen LogP contribution in [0.3, 0.4) is 0 Å². The van der Waals surface area contributed by atoms with E-state index >= 15 is 0 Å². The summed E-state index contributed by atoms with van der Waals surface area (Å²) in [5, 5.41) is 18.3. The molecule has 0 atom stereocenters. The third-order valence-corrected chi connectivity index (χ3v) is 5.11. The van der Waals surface area contributed by atoms with Crippen molar-refractivity contribution in [3.05, 3.63) is 81.3 Å². The highest BCUT2D eigenvalue weighted by Crippen LogP contribution is 2.31. The molecule has 13 heteroatoms. The molecule has 0 amide bonds. The zero-order valence-corrected chi connectivity index (χ0v) is 21.2. The minimum atomic E-state index is -0.401. The van der Waals surface area contributed by atoms with Gasteiger partial charge in [0.25, 0.3) is 5.69 Å². The predicted molar refractivity (Wildman–Crippen MR) is 143 cm³/mol. The van der Waals surface area contributed by atoms with Crippen molar-refractivity contribution in [2.24, 2.45) is 5.10 Å². The predicted octanol–water partition coefficient (Wildman–Crippen LogP) is 5.47. The Bertz CT molecular complexity index is 1440. The van der Waals surface area contributed by atoms with Gasteiger partial charge < -0.3 is 14.6 Å². The molecule has 0 radical (unpaired) electrons. The van der Waals surface area contributed by atoms with Crippen LogP contribution in [0.1, 0.15) is 16.9 Å². The van der Waals surface area contributed by atoms with Crippen LogP contribution in [0.5, 0.6) is 0 Å². The summed E-state index contributed by atoms with van der Waals surface area (Å²) in [5.41, 5.74) is 5.47. The van der Waals surface area contributed by atoms with Crippen LogP contribution < -0.4 is 15.6 Å². The highest BCUT2D eigenvalue weighted by atomic mass is 35.5. The fourth-order valence-electron chi connectivity index (χ4n) is 3.32. The third kappa shape index (κ3) is 6.55. The van der Waals surface area contributed by atoms with E-state index in [-0.39, 0.29) is 35.8 Å². The van der Waals surface area contributed by atoms with Crippen molar-refractivity contribution < 1.29 is 13.7 Å². The molecule has 0 saturated carbocycles. The first kappa shape index (κ1) is 27.0. The van der Waals surface area contributed by atoms with Crippen LogP contribution in [0.25, 0.3) is 11.3 Å². The lowest BCUT2D eigenvalue weighted by atomic mass is 10.0. The maximum atomic E-state index is 13.2. The molecule has 0 aliphatic carbocycles. The van der Waals surface area contributed by atoms with E-state index in [0.29, 0.717) is 28.7 Å². The highest BCUT2D eigenvalue weighted by Gasteiger charge is 2.16. The Balaban J connectivity index is 0.00000380. The molecule has 4 rings (SSSR count). The number of halogens is 2. The normalized spacial score (nSPS) is 10.7. The zero-order chi connectivity index (χ0) is 25.8. The SMILES string of the molecule is Cc1cc([N+](=O)[O-])c(C)cc1-c1ccc(/C=N\Nc2nc(Nc3ccc(F)cc3)nc(N(C)C)n2)o1.Cl. The first-order valence-electron chi connectivity index (χ1n) is 10.8. The third-order valence-electron chi connectivity index (χ3n) is 5.11. The largest absolute Gasteiger partial charge is 0.455 e. The van der Waals surface area contributed by atoms with Gasteiger partial charge in [-0.1, -0.05) is 0 Å². The van der Waals surface area contributed by atoms with E-state index in [9.17, 15) is 14.5 Å². The molecule has 192 valence electrons. The molecule has 2 aromatic carbocycles. The molecule has 2 N–H and O–H groups in total. The monoisotopic (exact) mass is 526 g/mol. The summed E-state index contributed by atoms with van der Waals surface area (Å²) in [7, 11) is 3.58. The van der Waals surface area contributed by atoms with Gasteiger partial charge in [-0.15, -0.1) is 12.4 Å². The van der Waals surface area contributed by atoms with Gasteiger partial charge in [-0.3, -0.25) is 10.1 Å². The van der Waals surface area contributed by atoms with E-state index in [2.05, 4.69) is 30.8 Å². The Morgan fingerprint density at radius 1 is 1.03 bits per heavy atom. The minimum absolute atomic E-state index is 0. The summed E-state index contributed by atoms with van der Waals surface area (Å²) in [6.07, 6.45) is 1.46. The number of hydrogen-bond acceptors (Lipinski definition) is 10. The molecule has 0 saturated heterocycles.